The molecule has 60 valence electrons. The predicted octanol–water partition coefficient (Wildman–Crippen LogP) is -0.898. The van der Waals surface area contributed by atoms with E-state index < -0.39 is 19.0 Å². The first-order chi connectivity index (χ1) is 4.66. The van der Waals surface area contributed by atoms with Gasteiger partial charge >= 0.3 is 5.97 Å². The second-order valence-electron chi connectivity index (χ2n) is 1.77. The largest absolute Gasteiger partial charge is 0.481 e. The van der Waals surface area contributed by atoms with Gasteiger partial charge in [0.15, 0.2) is 0 Å². The van der Waals surface area contributed by atoms with Crippen LogP contribution in [0, 0.1) is 0 Å². The van der Waals surface area contributed by atoms with E-state index in [-0.39, 0.29) is 12.8 Å². The normalized spacial score (nSPS) is 13.0. The molecule has 0 aliphatic heterocycles. The molecule has 1 unspecified atom stereocenters. The van der Waals surface area contributed by atoms with Gasteiger partial charge in [0.1, 0.15) is 13.0 Å². The van der Waals surface area contributed by atoms with Gasteiger partial charge in [-0.3, -0.25) is 4.79 Å². The van der Waals surface area contributed by atoms with Crippen molar-refractivity contribution in [3.63, 3.8) is 0 Å². The Balaban J connectivity index is 3.21. The Bertz CT molecular complexity index is 106. The molecule has 0 aromatic heterocycles. The number of hydrogen-bond donors (Lipinski definition) is 3. The molecule has 0 amide bonds. The molecular weight excluding hydrogens is 138 g/mol. The molecule has 5 nitrogen and oxygen atoms in total. The van der Waals surface area contributed by atoms with Gasteiger partial charge in [-0.05, 0) is 6.42 Å². The first-order valence-electron chi connectivity index (χ1n) is 2.86. The molecule has 0 saturated carbocycles. The monoisotopic (exact) mass is 149 g/mol. The van der Waals surface area contributed by atoms with Gasteiger partial charge in [-0.15, -0.1) is 0 Å². The Hall–Kier alpha value is -0.650. The summed E-state index contributed by atoms with van der Waals surface area (Å²) >= 11 is 0. The minimum atomic E-state index is -0.919. The molecule has 0 spiro atoms. The van der Waals surface area contributed by atoms with E-state index in [0.717, 1.165) is 0 Å². The van der Waals surface area contributed by atoms with Gasteiger partial charge < -0.3 is 20.7 Å². The van der Waals surface area contributed by atoms with Crippen LogP contribution in [0.2, 0.25) is 0 Å². The van der Waals surface area contributed by atoms with Gasteiger partial charge in [0.05, 0.1) is 0 Å². The summed E-state index contributed by atoms with van der Waals surface area (Å²) in [7, 11) is 0. The van der Waals surface area contributed by atoms with Crippen molar-refractivity contribution >= 4 is 5.97 Å². The van der Waals surface area contributed by atoms with Crippen LogP contribution in [-0.2, 0) is 9.53 Å². The van der Waals surface area contributed by atoms with Gasteiger partial charge in [0, 0.05) is 6.42 Å². The molecule has 10 heavy (non-hydrogen) atoms. The zero-order valence-electron chi connectivity index (χ0n) is 5.49. The Morgan fingerprint density at radius 1 is 1.70 bits per heavy atom. The highest BCUT2D eigenvalue weighted by atomic mass is 16.6. The fourth-order valence-electron chi connectivity index (χ4n) is 0.445. The molecule has 5 heteroatoms. The minimum Gasteiger partial charge on any atom is -0.481 e. The zero-order chi connectivity index (χ0) is 7.98. The number of nitrogens with two attached hydrogens (primary N) is 1. The molecule has 0 aromatic carbocycles. The average Bonchev–Trinajstić information content (AvgIpc) is 1.85. The lowest BCUT2D eigenvalue weighted by molar-refractivity contribution is -0.138. The molecule has 0 rings (SSSR count). The van der Waals surface area contributed by atoms with Crippen LogP contribution in [0.4, 0.5) is 0 Å². The topological polar surface area (TPSA) is 92.8 Å². The van der Waals surface area contributed by atoms with Crippen LogP contribution in [0.5, 0.6) is 0 Å². The van der Waals surface area contributed by atoms with Crippen LogP contribution in [0.15, 0.2) is 0 Å². The van der Waals surface area contributed by atoms with Crippen LogP contribution < -0.4 is 5.73 Å². The summed E-state index contributed by atoms with van der Waals surface area (Å²) in [6, 6.07) is 0. The SMILES string of the molecule is NC(CCC(=O)O)OCO. The van der Waals surface area contributed by atoms with E-state index in [4.69, 9.17) is 15.9 Å². The molecule has 0 heterocycles. The van der Waals surface area contributed by atoms with Crippen molar-refractivity contribution in [1.82, 2.24) is 0 Å². The number of aliphatic carboxylic acids is 1. The highest BCUT2D eigenvalue weighted by Gasteiger charge is 2.04. The van der Waals surface area contributed by atoms with Gasteiger partial charge in [-0.1, -0.05) is 0 Å². The fourth-order valence-corrected chi connectivity index (χ4v) is 0.445. The van der Waals surface area contributed by atoms with Crippen molar-refractivity contribution in [2.75, 3.05) is 6.79 Å². The van der Waals surface area contributed by atoms with E-state index in [1.807, 2.05) is 0 Å². The van der Waals surface area contributed by atoms with Crippen molar-refractivity contribution in [3.05, 3.63) is 0 Å². The smallest absolute Gasteiger partial charge is 0.303 e. The molecule has 0 saturated heterocycles. The number of aliphatic hydroxyl groups excluding tert-OH is 1. The molecule has 0 aromatic rings. The van der Waals surface area contributed by atoms with Crippen molar-refractivity contribution in [3.8, 4) is 0 Å². The number of hydrogen-bond acceptors (Lipinski definition) is 4. The van der Waals surface area contributed by atoms with Crippen LogP contribution in [0.3, 0.4) is 0 Å². The molecule has 4 N–H and O–H groups in total. The third-order valence-electron chi connectivity index (χ3n) is 0.931. The number of carbonyl (C=O) groups is 1. The Labute approximate surface area is 58.4 Å². The standard InChI is InChI=1S/C5H11NO4/c6-4(10-3-7)1-2-5(8)9/h4,7H,1-3,6H2,(H,8,9). The summed E-state index contributed by atoms with van der Waals surface area (Å²) in [5.41, 5.74) is 5.19. The summed E-state index contributed by atoms with van der Waals surface area (Å²) < 4.78 is 4.46. The molecule has 0 aliphatic carbocycles. The quantitative estimate of drug-likeness (QED) is 0.440. The number of rotatable bonds is 5. The van der Waals surface area contributed by atoms with Crippen LogP contribution in [0.25, 0.3) is 0 Å². The first-order valence-corrected chi connectivity index (χ1v) is 2.86. The van der Waals surface area contributed by atoms with Crippen molar-refractivity contribution < 1.29 is 19.7 Å². The van der Waals surface area contributed by atoms with E-state index in [1.54, 1.807) is 0 Å². The van der Waals surface area contributed by atoms with Crippen LogP contribution >= 0.6 is 0 Å². The van der Waals surface area contributed by atoms with Crippen molar-refractivity contribution in [2.45, 2.75) is 19.1 Å². The van der Waals surface area contributed by atoms with E-state index >= 15 is 0 Å². The molecule has 1 atom stereocenters. The van der Waals surface area contributed by atoms with Crippen molar-refractivity contribution in [1.29, 1.82) is 0 Å². The third-order valence-corrected chi connectivity index (χ3v) is 0.931. The Kier molecular flexibility index (Phi) is 4.82. The molecule has 0 aliphatic rings. The second kappa shape index (κ2) is 5.16. The van der Waals surface area contributed by atoms with E-state index in [1.165, 1.54) is 0 Å². The molecule has 0 radical (unpaired) electrons. The maximum atomic E-state index is 9.93. The van der Waals surface area contributed by atoms with E-state index in [9.17, 15) is 4.79 Å². The molecule has 0 bridgehead atoms. The van der Waals surface area contributed by atoms with Gasteiger partial charge in [-0.2, -0.15) is 0 Å². The summed E-state index contributed by atoms with van der Waals surface area (Å²) in [6.45, 7) is -0.471. The van der Waals surface area contributed by atoms with E-state index in [2.05, 4.69) is 4.74 Å². The second-order valence-corrected chi connectivity index (χ2v) is 1.77. The highest BCUT2D eigenvalue weighted by Crippen LogP contribution is 1.94. The lowest BCUT2D eigenvalue weighted by atomic mass is 10.3. The molecule has 0 fully saturated rings. The molecular formula is C5H11NO4. The highest BCUT2D eigenvalue weighted by molar-refractivity contribution is 5.66. The van der Waals surface area contributed by atoms with Crippen molar-refractivity contribution in [2.24, 2.45) is 5.73 Å². The van der Waals surface area contributed by atoms with Gasteiger partial charge in [0.25, 0.3) is 0 Å². The third kappa shape index (κ3) is 5.49. The lowest BCUT2D eigenvalue weighted by Crippen LogP contribution is -2.25. The fraction of sp³-hybridized carbons (Fsp3) is 0.800. The minimum absolute atomic E-state index is 0.0405. The van der Waals surface area contributed by atoms with Gasteiger partial charge in [-0.25, -0.2) is 0 Å². The number of carboxylic acids is 1. The Morgan fingerprint density at radius 3 is 2.70 bits per heavy atom. The van der Waals surface area contributed by atoms with E-state index in [0.29, 0.717) is 0 Å². The van der Waals surface area contributed by atoms with Gasteiger partial charge in [0.2, 0.25) is 0 Å². The summed E-state index contributed by atoms with van der Waals surface area (Å²) in [5, 5.41) is 16.3. The maximum absolute atomic E-state index is 9.93. The summed E-state index contributed by atoms with van der Waals surface area (Å²) in [5.74, 6) is -0.919. The number of aliphatic hydroxyl groups is 1. The number of carboxylic acid groups (broad SMARTS) is 1. The maximum Gasteiger partial charge on any atom is 0.303 e. The first kappa shape index (κ1) is 9.35. The van der Waals surface area contributed by atoms with Crippen LogP contribution in [-0.4, -0.2) is 29.2 Å². The zero-order valence-corrected chi connectivity index (χ0v) is 5.49. The average molecular weight is 149 g/mol. The number of ether oxygens (including phenoxy) is 1. The Morgan fingerprint density at radius 2 is 2.30 bits per heavy atom. The predicted molar refractivity (Wildman–Crippen MR) is 33.0 cm³/mol. The summed E-state index contributed by atoms with van der Waals surface area (Å²) in [4.78, 5) is 9.93. The summed E-state index contributed by atoms with van der Waals surface area (Å²) in [6.07, 6.45) is -0.502. The lowest BCUT2D eigenvalue weighted by Gasteiger charge is -2.07. The van der Waals surface area contributed by atoms with Crippen LogP contribution in [0.1, 0.15) is 12.8 Å².